The number of halogens is 2. The van der Waals surface area contributed by atoms with Crippen LogP contribution >= 0.6 is 27.5 Å². The average molecular weight is 321 g/mol. The Morgan fingerprint density at radius 1 is 1.53 bits per heavy atom. The van der Waals surface area contributed by atoms with Gasteiger partial charge in [-0.2, -0.15) is 0 Å². The third kappa shape index (κ3) is 5.06. The van der Waals surface area contributed by atoms with Crippen LogP contribution in [0.2, 0.25) is 5.02 Å². The molecule has 0 fully saturated rings. The first-order chi connectivity index (χ1) is 8.15. The van der Waals surface area contributed by atoms with Gasteiger partial charge >= 0.3 is 0 Å². The van der Waals surface area contributed by atoms with Crippen molar-refractivity contribution in [2.45, 2.75) is 13.3 Å². The van der Waals surface area contributed by atoms with Gasteiger partial charge in [0.15, 0.2) is 0 Å². The Balaban J connectivity index is 2.44. The van der Waals surface area contributed by atoms with E-state index < -0.39 is 0 Å². The van der Waals surface area contributed by atoms with Crippen molar-refractivity contribution in [3.05, 3.63) is 33.3 Å². The maximum atomic E-state index is 11.8. The Bertz CT molecular complexity index is 385. The standard InChI is InChI=1S/C12H15BrClNO2/c1-2-17-7-3-6-15-12(16)10-8-9(14)4-5-11(10)13/h4-5,8H,2-3,6-7H2,1H3,(H,15,16). The van der Waals surface area contributed by atoms with Crippen molar-refractivity contribution < 1.29 is 9.53 Å². The van der Waals surface area contributed by atoms with Crippen LogP contribution in [0, 0.1) is 0 Å². The minimum absolute atomic E-state index is 0.129. The van der Waals surface area contributed by atoms with Gasteiger partial charge in [0.25, 0.3) is 5.91 Å². The molecule has 1 amide bonds. The molecule has 3 nitrogen and oxygen atoms in total. The van der Waals surface area contributed by atoms with Gasteiger partial charge in [-0.3, -0.25) is 4.79 Å². The smallest absolute Gasteiger partial charge is 0.252 e. The van der Waals surface area contributed by atoms with Crippen molar-refractivity contribution in [1.82, 2.24) is 5.32 Å². The predicted molar refractivity (Wildman–Crippen MR) is 72.6 cm³/mol. The Kier molecular flexibility index (Phi) is 6.55. The Labute approximate surface area is 115 Å². The third-order valence-corrected chi connectivity index (χ3v) is 3.05. The van der Waals surface area contributed by atoms with Crippen molar-refractivity contribution in [2.75, 3.05) is 19.8 Å². The summed E-state index contributed by atoms with van der Waals surface area (Å²) in [6.07, 6.45) is 0.803. The third-order valence-electron chi connectivity index (χ3n) is 2.13. The van der Waals surface area contributed by atoms with Gasteiger partial charge < -0.3 is 10.1 Å². The molecule has 94 valence electrons. The largest absolute Gasteiger partial charge is 0.382 e. The number of ether oxygens (including phenoxy) is 1. The van der Waals surface area contributed by atoms with Gasteiger partial charge in [0.1, 0.15) is 0 Å². The first-order valence-corrected chi connectivity index (χ1v) is 6.63. The summed E-state index contributed by atoms with van der Waals surface area (Å²) in [5, 5.41) is 3.37. The zero-order valence-corrected chi connectivity index (χ0v) is 12.0. The minimum Gasteiger partial charge on any atom is -0.382 e. The molecule has 1 aromatic rings. The summed E-state index contributed by atoms with van der Waals surface area (Å²) in [6, 6.07) is 5.14. The summed E-state index contributed by atoms with van der Waals surface area (Å²) in [7, 11) is 0. The van der Waals surface area contributed by atoms with E-state index >= 15 is 0 Å². The van der Waals surface area contributed by atoms with Crippen LogP contribution in [0.3, 0.4) is 0 Å². The molecular formula is C12H15BrClNO2. The number of hydrogen-bond acceptors (Lipinski definition) is 2. The molecule has 0 radical (unpaired) electrons. The second-order valence-corrected chi connectivity index (χ2v) is 4.72. The molecule has 0 aliphatic rings. The van der Waals surface area contributed by atoms with Crippen LogP contribution < -0.4 is 5.32 Å². The fourth-order valence-electron chi connectivity index (χ4n) is 1.29. The number of hydrogen-bond donors (Lipinski definition) is 1. The summed E-state index contributed by atoms with van der Waals surface area (Å²) in [5.41, 5.74) is 0.550. The zero-order valence-electron chi connectivity index (χ0n) is 9.63. The minimum atomic E-state index is -0.129. The lowest BCUT2D eigenvalue weighted by Gasteiger charge is -2.07. The van der Waals surface area contributed by atoms with Gasteiger partial charge in [0.2, 0.25) is 0 Å². The Hall–Kier alpha value is -0.580. The molecule has 0 heterocycles. The van der Waals surface area contributed by atoms with Crippen LogP contribution in [0.15, 0.2) is 22.7 Å². The van der Waals surface area contributed by atoms with E-state index in [0.29, 0.717) is 30.3 Å². The van der Waals surface area contributed by atoms with Gasteiger partial charge in [-0.1, -0.05) is 11.6 Å². The number of benzene rings is 1. The number of carbonyl (C=O) groups is 1. The second kappa shape index (κ2) is 7.69. The normalized spacial score (nSPS) is 10.3. The highest BCUT2D eigenvalue weighted by Crippen LogP contribution is 2.20. The van der Waals surface area contributed by atoms with E-state index in [4.69, 9.17) is 16.3 Å². The first-order valence-electron chi connectivity index (χ1n) is 5.46. The molecule has 0 saturated heterocycles. The maximum absolute atomic E-state index is 11.8. The summed E-state index contributed by atoms with van der Waals surface area (Å²) in [6.45, 7) is 3.90. The van der Waals surface area contributed by atoms with E-state index in [2.05, 4.69) is 21.2 Å². The summed E-state index contributed by atoms with van der Waals surface area (Å²) >= 11 is 9.16. The fraction of sp³-hybridized carbons (Fsp3) is 0.417. The summed E-state index contributed by atoms with van der Waals surface area (Å²) in [5.74, 6) is -0.129. The second-order valence-electron chi connectivity index (χ2n) is 3.43. The summed E-state index contributed by atoms with van der Waals surface area (Å²) in [4.78, 5) is 11.8. The highest BCUT2D eigenvalue weighted by molar-refractivity contribution is 9.10. The van der Waals surface area contributed by atoms with Crippen LogP contribution in [0.4, 0.5) is 0 Å². The van der Waals surface area contributed by atoms with Crippen LogP contribution in [-0.2, 0) is 4.74 Å². The van der Waals surface area contributed by atoms with Crippen LogP contribution in [0.25, 0.3) is 0 Å². The Morgan fingerprint density at radius 2 is 2.29 bits per heavy atom. The number of rotatable bonds is 6. The molecule has 0 unspecified atom stereocenters. The van der Waals surface area contributed by atoms with Crippen LogP contribution in [0.5, 0.6) is 0 Å². The lowest BCUT2D eigenvalue weighted by molar-refractivity contribution is 0.0943. The van der Waals surface area contributed by atoms with Crippen LogP contribution in [-0.4, -0.2) is 25.7 Å². The van der Waals surface area contributed by atoms with Gasteiger partial charge in [0.05, 0.1) is 5.56 Å². The van der Waals surface area contributed by atoms with E-state index in [9.17, 15) is 4.79 Å². The molecule has 0 spiro atoms. The number of nitrogens with one attached hydrogen (secondary N) is 1. The number of amides is 1. The lowest BCUT2D eigenvalue weighted by atomic mass is 10.2. The van der Waals surface area contributed by atoms with E-state index in [1.54, 1.807) is 18.2 Å². The van der Waals surface area contributed by atoms with E-state index in [0.717, 1.165) is 10.9 Å². The Morgan fingerprint density at radius 3 is 3.00 bits per heavy atom. The van der Waals surface area contributed by atoms with Gasteiger partial charge in [0, 0.05) is 29.3 Å². The van der Waals surface area contributed by atoms with Crippen molar-refractivity contribution >= 4 is 33.4 Å². The van der Waals surface area contributed by atoms with Crippen molar-refractivity contribution in [2.24, 2.45) is 0 Å². The summed E-state index contributed by atoms with van der Waals surface area (Å²) < 4.78 is 5.92. The van der Waals surface area contributed by atoms with Gasteiger partial charge in [-0.15, -0.1) is 0 Å². The van der Waals surface area contributed by atoms with Crippen molar-refractivity contribution in [1.29, 1.82) is 0 Å². The quantitative estimate of drug-likeness (QED) is 0.817. The SMILES string of the molecule is CCOCCCNC(=O)c1cc(Cl)ccc1Br. The first kappa shape index (κ1) is 14.5. The highest BCUT2D eigenvalue weighted by Gasteiger charge is 2.09. The topological polar surface area (TPSA) is 38.3 Å². The van der Waals surface area contributed by atoms with Crippen molar-refractivity contribution in [3.63, 3.8) is 0 Å². The molecular weight excluding hydrogens is 305 g/mol. The van der Waals surface area contributed by atoms with E-state index in [1.807, 2.05) is 6.92 Å². The average Bonchev–Trinajstić information content (AvgIpc) is 2.32. The molecule has 0 bridgehead atoms. The highest BCUT2D eigenvalue weighted by atomic mass is 79.9. The zero-order chi connectivity index (χ0) is 12.7. The molecule has 0 aliphatic carbocycles. The fourth-order valence-corrected chi connectivity index (χ4v) is 1.89. The number of carbonyl (C=O) groups excluding carboxylic acids is 1. The maximum Gasteiger partial charge on any atom is 0.252 e. The van der Waals surface area contributed by atoms with E-state index in [-0.39, 0.29) is 5.91 Å². The van der Waals surface area contributed by atoms with Gasteiger partial charge in [-0.25, -0.2) is 0 Å². The van der Waals surface area contributed by atoms with Crippen LogP contribution in [0.1, 0.15) is 23.7 Å². The molecule has 0 aromatic heterocycles. The lowest BCUT2D eigenvalue weighted by Crippen LogP contribution is -2.25. The molecule has 0 saturated carbocycles. The molecule has 1 aromatic carbocycles. The van der Waals surface area contributed by atoms with Gasteiger partial charge in [-0.05, 0) is 47.5 Å². The predicted octanol–water partition coefficient (Wildman–Crippen LogP) is 3.26. The van der Waals surface area contributed by atoms with Crippen molar-refractivity contribution in [3.8, 4) is 0 Å². The molecule has 0 aliphatic heterocycles. The molecule has 1 rings (SSSR count). The molecule has 0 atom stereocenters. The molecule has 1 N–H and O–H groups in total. The molecule has 5 heteroatoms. The molecule has 17 heavy (non-hydrogen) atoms. The van der Waals surface area contributed by atoms with E-state index in [1.165, 1.54) is 0 Å². The monoisotopic (exact) mass is 319 g/mol.